The zero-order valence-electron chi connectivity index (χ0n) is 39.5. The molecule has 3 aliphatic rings. The smallest absolute Gasteiger partial charge is 0.352 e. The summed E-state index contributed by atoms with van der Waals surface area (Å²) in [6.07, 6.45) is 2.74. The maximum atomic E-state index is 16.1. The van der Waals surface area contributed by atoms with Gasteiger partial charge in [0.05, 0.1) is 49.8 Å². The lowest BCUT2D eigenvalue weighted by molar-refractivity contribution is -0.125. The minimum Gasteiger partial charge on any atom is -0.493 e. The number of aldehydes is 2. The molecule has 9 rings (SSSR count). The minimum atomic E-state index is -1.05. The molecular formula is C52H57F2N7O9. The maximum absolute atomic E-state index is 16.1. The Morgan fingerprint density at radius 3 is 2.46 bits per heavy atom. The fourth-order valence-corrected chi connectivity index (χ4v) is 9.81. The predicted molar refractivity (Wildman–Crippen MR) is 257 cm³/mol. The molecule has 2 aromatic heterocycles. The molecule has 368 valence electrons. The third kappa shape index (κ3) is 10.3. The van der Waals surface area contributed by atoms with Crippen LogP contribution in [-0.4, -0.2) is 137 Å². The first-order chi connectivity index (χ1) is 33.9. The van der Waals surface area contributed by atoms with Crippen LogP contribution < -0.4 is 14.8 Å². The molecule has 18 heteroatoms. The summed E-state index contributed by atoms with van der Waals surface area (Å²) < 4.78 is 50.9. The number of piperazine rings is 1. The van der Waals surface area contributed by atoms with E-state index in [-0.39, 0.29) is 49.3 Å². The van der Waals surface area contributed by atoms with Gasteiger partial charge in [-0.3, -0.25) is 24.0 Å². The average Bonchev–Trinajstić information content (AvgIpc) is 3.99. The molecule has 5 heterocycles. The van der Waals surface area contributed by atoms with Crippen LogP contribution in [0.2, 0.25) is 0 Å². The van der Waals surface area contributed by atoms with E-state index in [2.05, 4.69) is 22.2 Å². The highest BCUT2D eigenvalue weighted by atomic mass is 19.1. The number of carboxylic acid groups (broad SMARTS) is 1. The van der Waals surface area contributed by atoms with E-state index < -0.39 is 17.8 Å². The van der Waals surface area contributed by atoms with Crippen LogP contribution in [0.25, 0.3) is 32.8 Å². The number of rotatable bonds is 18. The van der Waals surface area contributed by atoms with Gasteiger partial charge in [0.25, 0.3) is 5.91 Å². The number of aromatic nitrogens is 3. The molecule has 70 heavy (non-hydrogen) atoms. The summed E-state index contributed by atoms with van der Waals surface area (Å²) in [7, 11) is 3.59. The van der Waals surface area contributed by atoms with Gasteiger partial charge in [0.15, 0.2) is 6.29 Å². The quantitative estimate of drug-likeness (QED) is 0.0755. The summed E-state index contributed by atoms with van der Waals surface area (Å²) in [4.78, 5) is 64.9. The number of aryl methyl sites for hydroxylation is 2. The van der Waals surface area contributed by atoms with Gasteiger partial charge in [0.2, 0.25) is 5.91 Å². The standard InChI is InChI=1S/C36H39F2N5O4.C16H18N2O5/c1-23-32(30-22-46-20-18-43(30)39-23)33-29(38)11-10-28-27(6-4-19-47-31-7-3-5-24-21-25(37)8-9-26(24)31)35(36(44)45)42(34(28)33)17-16-41-14-12-40(2)13-15-41;1-17-15(21)13(5-3-7-19)18-10-12-11(16(18)22)4-2-6-14(12)23-9-8-20/h3,5,7-11,21H,4,6,12-20,22H2,1-2H3,(H,44,45);2,4,6-8,13H,3,5,9-10H2,1H3,(H,17,21). The van der Waals surface area contributed by atoms with E-state index in [4.69, 9.17) is 19.3 Å². The van der Waals surface area contributed by atoms with E-state index >= 15 is 4.39 Å². The first-order valence-electron chi connectivity index (χ1n) is 23.5. The van der Waals surface area contributed by atoms with E-state index in [1.807, 2.05) is 34.4 Å². The second-order valence-corrected chi connectivity index (χ2v) is 17.6. The van der Waals surface area contributed by atoms with Crippen molar-refractivity contribution in [2.75, 3.05) is 66.6 Å². The zero-order chi connectivity index (χ0) is 49.5. The fourth-order valence-electron chi connectivity index (χ4n) is 9.81. The molecule has 0 saturated carbocycles. The van der Waals surface area contributed by atoms with Crippen LogP contribution in [0, 0.1) is 18.6 Å². The van der Waals surface area contributed by atoms with Crippen molar-refractivity contribution in [3.05, 3.63) is 112 Å². The van der Waals surface area contributed by atoms with Gasteiger partial charge in [-0.25, -0.2) is 13.6 Å². The number of benzene rings is 4. The zero-order valence-corrected chi connectivity index (χ0v) is 39.5. The fraction of sp³-hybridized carbons (Fsp3) is 0.385. The van der Waals surface area contributed by atoms with E-state index in [1.165, 1.54) is 30.1 Å². The minimum absolute atomic E-state index is 0.103. The Bertz CT molecular complexity index is 2930. The van der Waals surface area contributed by atoms with Crippen molar-refractivity contribution in [2.24, 2.45) is 0 Å². The van der Waals surface area contributed by atoms with E-state index in [0.717, 1.165) is 48.9 Å². The highest BCUT2D eigenvalue weighted by molar-refractivity contribution is 6.05. The van der Waals surface area contributed by atoms with Crippen LogP contribution in [-0.2, 0) is 51.8 Å². The molecule has 0 aliphatic carbocycles. The third-order valence-corrected chi connectivity index (χ3v) is 13.3. The molecule has 16 nitrogen and oxygen atoms in total. The number of ether oxygens (including phenoxy) is 3. The van der Waals surface area contributed by atoms with Gasteiger partial charge in [-0.1, -0.05) is 18.2 Å². The van der Waals surface area contributed by atoms with E-state index in [0.29, 0.717) is 114 Å². The molecule has 0 bridgehead atoms. The largest absolute Gasteiger partial charge is 0.493 e. The molecule has 2 amide bonds. The number of hydrogen-bond acceptors (Lipinski definition) is 11. The molecule has 1 atom stereocenters. The summed E-state index contributed by atoms with van der Waals surface area (Å²) in [6, 6.07) is 17.5. The Balaban J connectivity index is 0.000000241. The second-order valence-electron chi connectivity index (χ2n) is 17.6. The number of fused-ring (bicyclic) bond motifs is 4. The number of carbonyl (C=O) groups excluding carboxylic acids is 4. The van der Waals surface area contributed by atoms with Crippen molar-refractivity contribution < 1.29 is 52.1 Å². The van der Waals surface area contributed by atoms with Crippen molar-refractivity contribution >= 4 is 52.0 Å². The number of hydrogen-bond donors (Lipinski definition) is 2. The van der Waals surface area contributed by atoms with Crippen LogP contribution in [0.15, 0.2) is 66.7 Å². The average molecular weight is 962 g/mol. The van der Waals surface area contributed by atoms with Crippen LogP contribution in [0.5, 0.6) is 11.5 Å². The number of nitrogens with zero attached hydrogens (tertiary/aromatic N) is 6. The van der Waals surface area contributed by atoms with Crippen LogP contribution in [0.4, 0.5) is 8.78 Å². The predicted octanol–water partition coefficient (Wildman–Crippen LogP) is 6.05. The monoisotopic (exact) mass is 961 g/mol. The molecule has 1 saturated heterocycles. The lowest BCUT2D eigenvalue weighted by Crippen LogP contribution is -2.46. The molecule has 6 aromatic rings. The van der Waals surface area contributed by atoms with Gasteiger partial charge in [0.1, 0.15) is 47.8 Å². The van der Waals surface area contributed by atoms with Gasteiger partial charge in [-0.05, 0) is 92.7 Å². The first-order valence-corrected chi connectivity index (χ1v) is 23.5. The van der Waals surface area contributed by atoms with Crippen molar-refractivity contribution in [1.82, 2.24) is 34.4 Å². The number of carboxylic acids is 1. The SMILES string of the molecule is CNC(=O)C(CCC=O)N1Cc2c(OCC=O)cccc2C1=O.Cc1nn2c(c1-c1c(F)ccc3c(CCCOc4cccc5cc(F)ccc45)c(C(=O)O)n(CCN4CCN(C)CC4)c13)COCC2. The third-order valence-electron chi connectivity index (χ3n) is 13.3. The second kappa shape index (κ2) is 22.2. The van der Waals surface area contributed by atoms with E-state index in [1.54, 1.807) is 30.3 Å². The first kappa shape index (κ1) is 49.4. The summed E-state index contributed by atoms with van der Waals surface area (Å²) in [5, 5.41) is 20.2. The Hall–Kier alpha value is -7.02. The van der Waals surface area contributed by atoms with Crippen molar-refractivity contribution in [2.45, 2.75) is 64.9 Å². The lowest BCUT2D eigenvalue weighted by atomic mass is 9.97. The van der Waals surface area contributed by atoms with Gasteiger partial charge in [0, 0.05) is 85.8 Å². The molecule has 1 fully saturated rings. The van der Waals surface area contributed by atoms with Crippen molar-refractivity contribution in [3.8, 4) is 22.6 Å². The number of carbonyl (C=O) groups is 5. The summed E-state index contributed by atoms with van der Waals surface area (Å²) >= 11 is 0. The van der Waals surface area contributed by atoms with Gasteiger partial charge >= 0.3 is 5.97 Å². The molecule has 0 spiro atoms. The number of likely N-dealkylation sites (N-methyl/N-ethyl adjacent to an activating group) is 2. The summed E-state index contributed by atoms with van der Waals surface area (Å²) in [6.45, 7) is 8.43. The number of amides is 2. The number of halogens is 2. The van der Waals surface area contributed by atoms with Crippen molar-refractivity contribution in [3.63, 3.8) is 0 Å². The maximum Gasteiger partial charge on any atom is 0.352 e. The Kier molecular flexibility index (Phi) is 15.6. The van der Waals surface area contributed by atoms with Crippen LogP contribution >= 0.6 is 0 Å². The summed E-state index contributed by atoms with van der Waals surface area (Å²) in [5.74, 6) is -1.27. The molecule has 0 radical (unpaired) electrons. The van der Waals surface area contributed by atoms with Gasteiger partial charge < -0.3 is 43.8 Å². The molecule has 2 N–H and O–H groups in total. The Labute approximate surface area is 403 Å². The molecule has 1 unspecified atom stereocenters. The number of nitrogens with one attached hydrogen (secondary N) is 1. The van der Waals surface area contributed by atoms with Crippen LogP contribution in [0.1, 0.15) is 62.6 Å². The van der Waals surface area contributed by atoms with E-state index in [9.17, 15) is 33.5 Å². The topological polar surface area (TPSA) is 178 Å². The Morgan fingerprint density at radius 1 is 0.929 bits per heavy atom. The Morgan fingerprint density at radius 2 is 1.70 bits per heavy atom. The lowest BCUT2D eigenvalue weighted by Gasteiger charge is -2.32. The normalized spacial score (nSPS) is 15.3. The van der Waals surface area contributed by atoms with Gasteiger partial charge in [-0.15, -0.1) is 0 Å². The molecular weight excluding hydrogens is 905 g/mol. The highest BCUT2D eigenvalue weighted by Gasteiger charge is 2.37. The van der Waals surface area contributed by atoms with Crippen LogP contribution in [0.3, 0.4) is 0 Å². The highest BCUT2D eigenvalue weighted by Crippen LogP contribution is 2.41. The number of aromatic carboxylic acids is 1. The molecule has 4 aromatic carbocycles. The van der Waals surface area contributed by atoms with Gasteiger partial charge in [-0.2, -0.15) is 5.10 Å². The summed E-state index contributed by atoms with van der Waals surface area (Å²) in [5.41, 5.74) is 5.05. The molecule has 3 aliphatic heterocycles. The van der Waals surface area contributed by atoms with Crippen molar-refractivity contribution in [1.29, 1.82) is 0 Å².